The maximum Gasteiger partial charge on any atom is 0.249 e. The van der Waals surface area contributed by atoms with Gasteiger partial charge in [0.2, 0.25) is 5.91 Å². The van der Waals surface area contributed by atoms with Crippen molar-refractivity contribution < 1.29 is 4.79 Å². The summed E-state index contributed by atoms with van der Waals surface area (Å²) in [5, 5.41) is 3.29. The second-order valence-electron chi connectivity index (χ2n) is 4.15. The van der Waals surface area contributed by atoms with Crippen molar-refractivity contribution in [2.45, 2.75) is 26.3 Å². The molecule has 0 radical (unpaired) electrons. The van der Waals surface area contributed by atoms with Crippen LogP contribution in [0.3, 0.4) is 0 Å². The first kappa shape index (κ1) is 11.5. The molecule has 0 aliphatic carbocycles. The molecule has 1 amide bonds. The number of fused-ring (bicyclic) bond motifs is 1. The van der Waals surface area contributed by atoms with Crippen LogP contribution in [0, 0.1) is 6.92 Å². The molecule has 0 saturated heterocycles. The van der Waals surface area contributed by atoms with E-state index in [9.17, 15) is 4.79 Å². The number of carbonyl (C=O) groups excluding carboxylic acids is 1. The van der Waals surface area contributed by atoms with Gasteiger partial charge in [-0.05, 0) is 47.0 Å². The molecule has 1 aromatic carbocycles. The van der Waals surface area contributed by atoms with Gasteiger partial charge in [0.25, 0.3) is 0 Å². The lowest BCUT2D eigenvalue weighted by atomic mass is 10.1. The fourth-order valence-electron chi connectivity index (χ4n) is 2.06. The van der Waals surface area contributed by atoms with Crippen molar-refractivity contribution in [1.82, 2.24) is 0 Å². The molecule has 1 atom stereocenters. The quantitative estimate of drug-likeness (QED) is 0.859. The fourth-order valence-corrected chi connectivity index (χ4v) is 2.90. The summed E-state index contributed by atoms with van der Waals surface area (Å²) in [6, 6.07) is 3.99. The number of likely N-dealkylation sites (N-methyl/N-ethyl adjacent to an activating group) is 1. The number of hydrogen-bond acceptors (Lipinski definition) is 2. The van der Waals surface area contributed by atoms with Crippen molar-refractivity contribution in [3.63, 3.8) is 0 Å². The summed E-state index contributed by atoms with van der Waals surface area (Å²) in [5.74, 6) is 0.125. The molecule has 16 heavy (non-hydrogen) atoms. The summed E-state index contributed by atoms with van der Waals surface area (Å²) in [6.45, 7) is 4.06. The van der Waals surface area contributed by atoms with Gasteiger partial charge in [0, 0.05) is 11.5 Å². The lowest BCUT2D eigenvalue weighted by molar-refractivity contribution is -0.119. The Morgan fingerprint density at radius 2 is 2.19 bits per heavy atom. The number of aryl methyl sites for hydroxylation is 1. The molecule has 1 N–H and O–H groups in total. The van der Waals surface area contributed by atoms with Crippen molar-refractivity contribution >= 4 is 33.2 Å². The molecular weight excluding hydrogens is 268 g/mol. The van der Waals surface area contributed by atoms with Crippen molar-refractivity contribution in [3.8, 4) is 0 Å². The Hall–Kier alpha value is -1.03. The molecule has 3 nitrogen and oxygen atoms in total. The number of carbonyl (C=O) groups is 1. The zero-order valence-electron chi connectivity index (χ0n) is 9.67. The van der Waals surface area contributed by atoms with Crippen molar-refractivity contribution in [3.05, 3.63) is 22.2 Å². The van der Waals surface area contributed by atoms with E-state index >= 15 is 0 Å². The van der Waals surface area contributed by atoms with Crippen LogP contribution in [0.5, 0.6) is 0 Å². The van der Waals surface area contributed by atoms with Crippen molar-refractivity contribution in [2.75, 3.05) is 17.3 Å². The molecule has 1 aromatic rings. The summed E-state index contributed by atoms with van der Waals surface area (Å²) in [5.41, 5.74) is 3.14. The predicted molar refractivity (Wildman–Crippen MR) is 70.0 cm³/mol. The van der Waals surface area contributed by atoms with Crippen LogP contribution in [-0.4, -0.2) is 19.0 Å². The summed E-state index contributed by atoms with van der Waals surface area (Å²) in [7, 11) is 1.82. The highest BCUT2D eigenvalue weighted by atomic mass is 79.9. The van der Waals surface area contributed by atoms with E-state index in [1.807, 2.05) is 27.0 Å². The van der Waals surface area contributed by atoms with Crippen LogP contribution in [0.15, 0.2) is 16.6 Å². The number of halogens is 1. The molecule has 4 heteroatoms. The minimum atomic E-state index is -0.105. The lowest BCUT2D eigenvalue weighted by Crippen LogP contribution is -2.45. The Morgan fingerprint density at radius 1 is 1.50 bits per heavy atom. The van der Waals surface area contributed by atoms with Crippen LogP contribution in [-0.2, 0) is 4.79 Å². The van der Waals surface area contributed by atoms with Crippen LogP contribution >= 0.6 is 15.9 Å². The third-order valence-corrected chi connectivity index (χ3v) is 3.51. The molecule has 0 spiro atoms. The molecule has 0 bridgehead atoms. The van der Waals surface area contributed by atoms with E-state index in [1.165, 1.54) is 5.56 Å². The second kappa shape index (κ2) is 4.09. The van der Waals surface area contributed by atoms with Gasteiger partial charge in [-0.3, -0.25) is 4.79 Å². The van der Waals surface area contributed by atoms with E-state index in [-0.39, 0.29) is 11.9 Å². The highest BCUT2D eigenvalue weighted by Crippen LogP contribution is 2.38. The zero-order chi connectivity index (χ0) is 11.9. The fraction of sp³-hybridized carbons (Fsp3) is 0.417. The smallest absolute Gasteiger partial charge is 0.249 e. The third kappa shape index (κ3) is 1.71. The summed E-state index contributed by atoms with van der Waals surface area (Å²) < 4.78 is 0.959. The molecular formula is C12H15BrN2O. The SMILES string of the molecule is CCC1Nc2cc(C)cc(Br)c2N(C)C1=O. The number of benzene rings is 1. The highest BCUT2D eigenvalue weighted by Gasteiger charge is 2.30. The van der Waals surface area contributed by atoms with Gasteiger partial charge >= 0.3 is 0 Å². The van der Waals surface area contributed by atoms with Gasteiger partial charge < -0.3 is 10.2 Å². The van der Waals surface area contributed by atoms with Crippen LogP contribution in [0.4, 0.5) is 11.4 Å². The molecule has 0 saturated carbocycles. The van der Waals surface area contributed by atoms with E-state index in [4.69, 9.17) is 0 Å². The van der Waals surface area contributed by atoms with Crippen LogP contribution in [0.2, 0.25) is 0 Å². The topological polar surface area (TPSA) is 32.3 Å². The highest BCUT2D eigenvalue weighted by molar-refractivity contribution is 9.10. The zero-order valence-corrected chi connectivity index (χ0v) is 11.3. The Morgan fingerprint density at radius 3 is 2.81 bits per heavy atom. The van der Waals surface area contributed by atoms with Gasteiger partial charge in [0.1, 0.15) is 6.04 Å². The summed E-state index contributed by atoms with van der Waals surface area (Å²) >= 11 is 3.51. The average Bonchev–Trinajstić information content (AvgIpc) is 2.22. The number of amides is 1. The number of rotatable bonds is 1. The molecule has 0 aromatic heterocycles. The van der Waals surface area contributed by atoms with Gasteiger partial charge in [-0.1, -0.05) is 6.92 Å². The normalized spacial score (nSPS) is 19.4. The minimum absolute atomic E-state index is 0.105. The Labute approximate surface area is 104 Å². The summed E-state index contributed by atoms with van der Waals surface area (Å²) in [4.78, 5) is 13.7. The number of anilines is 2. The summed E-state index contributed by atoms with van der Waals surface area (Å²) in [6.07, 6.45) is 0.800. The van der Waals surface area contributed by atoms with Crippen LogP contribution in [0.1, 0.15) is 18.9 Å². The van der Waals surface area contributed by atoms with E-state index in [1.54, 1.807) is 4.90 Å². The number of hydrogen-bond donors (Lipinski definition) is 1. The van der Waals surface area contributed by atoms with Crippen LogP contribution in [0.25, 0.3) is 0 Å². The van der Waals surface area contributed by atoms with Gasteiger partial charge in [-0.25, -0.2) is 0 Å². The van der Waals surface area contributed by atoms with Gasteiger partial charge in [0.15, 0.2) is 0 Å². The molecule has 86 valence electrons. The first-order valence-electron chi connectivity index (χ1n) is 5.38. The first-order chi connectivity index (χ1) is 7.54. The number of nitrogens with one attached hydrogen (secondary N) is 1. The lowest BCUT2D eigenvalue weighted by Gasteiger charge is -2.33. The molecule has 2 rings (SSSR count). The molecule has 0 fully saturated rings. The van der Waals surface area contributed by atoms with E-state index < -0.39 is 0 Å². The standard InChI is InChI=1S/C12H15BrN2O/c1-4-9-12(16)15(3)11-8(13)5-7(2)6-10(11)14-9/h5-6,9,14H,4H2,1-3H3. The van der Waals surface area contributed by atoms with Crippen LogP contribution < -0.4 is 10.2 Å². The molecule has 1 heterocycles. The van der Waals surface area contributed by atoms with E-state index in [0.29, 0.717) is 0 Å². The van der Waals surface area contributed by atoms with E-state index in [2.05, 4.69) is 27.3 Å². The second-order valence-corrected chi connectivity index (χ2v) is 5.00. The van der Waals surface area contributed by atoms with Gasteiger partial charge in [-0.2, -0.15) is 0 Å². The largest absolute Gasteiger partial charge is 0.372 e. The first-order valence-corrected chi connectivity index (χ1v) is 6.18. The monoisotopic (exact) mass is 282 g/mol. The minimum Gasteiger partial charge on any atom is -0.372 e. The van der Waals surface area contributed by atoms with Crippen molar-refractivity contribution in [1.29, 1.82) is 0 Å². The maximum atomic E-state index is 12.0. The van der Waals surface area contributed by atoms with Gasteiger partial charge in [-0.15, -0.1) is 0 Å². The predicted octanol–water partition coefficient (Wildman–Crippen LogP) is 2.92. The van der Waals surface area contributed by atoms with E-state index in [0.717, 1.165) is 22.3 Å². The Kier molecular flexibility index (Phi) is 2.93. The molecule has 1 unspecified atom stereocenters. The van der Waals surface area contributed by atoms with Crippen molar-refractivity contribution in [2.24, 2.45) is 0 Å². The average molecular weight is 283 g/mol. The maximum absolute atomic E-state index is 12.0. The molecule has 1 aliphatic heterocycles. The number of nitrogens with zero attached hydrogens (tertiary/aromatic N) is 1. The Bertz CT molecular complexity index is 445. The third-order valence-electron chi connectivity index (χ3n) is 2.91. The van der Waals surface area contributed by atoms with Gasteiger partial charge in [0.05, 0.1) is 11.4 Å². The molecule has 1 aliphatic rings. The Balaban J connectivity index is 2.54.